The van der Waals surface area contributed by atoms with Gasteiger partial charge in [-0.15, -0.1) is 0 Å². The molecule has 174 valence electrons. The number of unbranched alkanes of at least 4 members (excludes halogenated alkanes) is 1. The van der Waals surface area contributed by atoms with Gasteiger partial charge in [0.1, 0.15) is 24.0 Å². The van der Waals surface area contributed by atoms with Crippen molar-refractivity contribution in [2.45, 2.75) is 59.0 Å². The molecule has 1 aromatic heterocycles. The van der Waals surface area contributed by atoms with Crippen LogP contribution >= 0.6 is 0 Å². The van der Waals surface area contributed by atoms with Gasteiger partial charge in [0.25, 0.3) is 5.88 Å². The number of carbonyl (C=O) groups excluding carboxylic acids is 4. The second-order valence-corrected chi connectivity index (χ2v) is 7.84. The SMILES string of the molecule is CCOC(=O)CCCCC(C(=O)COC)(C(=O)OC(C)(C)C)C(=O)c1conc1OC. The Morgan fingerprint density at radius 3 is 2.32 bits per heavy atom. The third kappa shape index (κ3) is 6.88. The molecule has 0 aliphatic carbocycles. The number of methoxy groups -OCH3 is 2. The summed E-state index contributed by atoms with van der Waals surface area (Å²) in [5.41, 5.74) is -3.33. The molecular formula is C21H31NO9. The second kappa shape index (κ2) is 11.6. The minimum Gasteiger partial charge on any atom is -0.478 e. The van der Waals surface area contributed by atoms with Crippen molar-refractivity contribution in [1.29, 1.82) is 0 Å². The summed E-state index contributed by atoms with van der Waals surface area (Å²) in [6.07, 6.45) is 1.40. The minimum atomic E-state index is -2.21. The number of hydrogen-bond donors (Lipinski definition) is 0. The van der Waals surface area contributed by atoms with Crippen LogP contribution in [-0.4, -0.2) is 61.7 Å². The van der Waals surface area contributed by atoms with Crippen molar-refractivity contribution < 1.29 is 42.6 Å². The van der Waals surface area contributed by atoms with Gasteiger partial charge in [-0.25, -0.2) is 0 Å². The summed E-state index contributed by atoms with van der Waals surface area (Å²) < 4.78 is 25.1. The van der Waals surface area contributed by atoms with Gasteiger partial charge < -0.3 is 23.5 Å². The third-order valence-corrected chi connectivity index (χ3v) is 4.35. The van der Waals surface area contributed by atoms with Crippen LogP contribution in [0.4, 0.5) is 0 Å². The first-order valence-electron chi connectivity index (χ1n) is 9.98. The van der Waals surface area contributed by atoms with Crippen LogP contribution in [0.3, 0.4) is 0 Å². The van der Waals surface area contributed by atoms with Crippen molar-refractivity contribution in [3.05, 3.63) is 11.8 Å². The van der Waals surface area contributed by atoms with Gasteiger partial charge in [0.2, 0.25) is 0 Å². The summed E-state index contributed by atoms with van der Waals surface area (Å²) in [7, 11) is 2.56. The highest BCUT2D eigenvalue weighted by Crippen LogP contribution is 2.36. The van der Waals surface area contributed by atoms with Crippen LogP contribution in [0.15, 0.2) is 10.8 Å². The first-order chi connectivity index (χ1) is 14.5. The standard InChI is InChI=1S/C21H31NO9/c1-7-29-16(24)10-8-9-11-21(15(23)13-27-5,19(26)31-20(2,3)4)17(25)14-12-30-22-18(14)28-6/h12H,7-11,13H2,1-6H3. The average molecular weight is 441 g/mol. The number of nitrogens with zero attached hydrogens (tertiary/aromatic N) is 1. The molecule has 0 spiro atoms. The fraction of sp³-hybridized carbons (Fsp3) is 0.667. The number of ketones is 2. The molecule has 0 radical (unpaired) electrons. The zero-order valence-corrected chi connectivity index (χ0v) is 18.9. The lowest BCUT2D eigenvalue weighted by molar-refractivity contribution is -0.168. The Hall–Kier alpha value is -2.75. The maximum Gasteiger partial charge on any atom is 0.328 e. The normalized spacial score (nSPS) is 13.2. The van der Waals surface area contributed by atoms with Crippen molar-refractivity contribution in [2.24, 2.45) is 5.41 Å². The first-order valence-corrected chi connectivity index (χ1v) is 9.98. The smallest absolute Gasteiger partial charge is 0.328 e. The molecule has 0 N–H and O–H groups in total. The fourth-order valence-corrected chi connectivity index (χ4v) is 2.95. The third-order valence-electron chi connectivity index (χ3n) is 4.35. The highest BCUT2D eigenvalue weighted by Gasteiger charge is 2.55. The predicted molar refractivity (Wildman–Crippen MR) is 108 cm³/mol. The van der Waals surface area contributed by atoms with Crippen molar-refractivity contribution in [3.8, 4) is 5.88 Å². The van der Waals surface area contributed by atoms with Gasteiger partial charge in [-0.3, -0.25) is 19.2 Å². The summed E-state index contributed by atoms with van der Waals surface area (Å²) >= 11 is 0. The Kier molecular flexibility index (Phi) is 9.83. The molecule has 0 saturated carbocycles. The molecule has 0 saturated heterocycles. The molecule has 1 aromatic rings. The van der Waals surface area contributed by atoms with E-state index < -0.39 is 41.1 Å². The lowest BCUT2D eigenvalue weighted by Gasteiger charge is -2.32. The van der Waals surface area contributed by atoms with Crippen LogP contribution in [0.5, 0.6) is 5.88 Å². The number of aromatic nitrogens is 1. The highest BCUT2D eigenvalue weighted by molar-refractivity contribution is 6.27. The van der Waals surface area contributed by atoms with Gasteiger partial charge in [0.05, 0.1) is 13.7 Å². The van der Waals surface area contributed by atoms with Crippen molar-refractivity contribution in [2.75, 3.05) is 27.4 Å². The van der Waals surface area contributed by atoms with Crippen LogP contribution in [0.2, 0.25) is 0 Å². The van der Waals surface area contributed by atoms with Crippen LogP contribution < -0.4 is 4.74 Å². The summed E-state index contributed by atoms with van der Waals surface area (Å²) in [6, 6.07) is 0. The molecule has 0 bridgehead atoms. The molecule has 10 nitrogen and oxygen atoms in total. The molecule has 0 fully saturated rings. The zero-order valence-electron chi connectivity index (χ0n) is 18.9. The van der Waals surface area contributed by atoms with E-state index in [0.717, 1.165) is 6.26 Å². The van der Waals surface area contributed by atoms with Gasteiger partial charge in [-0.05, 0) is 45.7 Å². The number of Topliss-reactive ketones (excluding diaryl/α,β-unsaturated/α-hetero) is 2. The molecule has 31 heavy (non-hydrogen) atoms. The number of esters is 2. The molecule has 1 unspecified atom stereocenters. The van der Waals surface area contributed by atoms with Crippen LogP contribution in [0, 0.1) is 5.41 Å². The van der Waals surface area contributed by atoms with E-state index in [1.165, 1.54) is 14.2 Å². The van der Waals surface area contributed by atoms with E-state index in [1.54, 1.807) is 27.7 Å². The lowest BCUT2D eigenvalue weighted by atomic mass is 9.73. The van der Waals surface area contributed by atoms with E-state index in [0.29, 0.717) is 6.42 Å². The van der Waals surface area contributed by atoms with E-state index in [2.05, 4.69) is 5.16 Å². The molecule has 0 amide bonds. The monoisotopic (exact) mass is 441 g/mol. The number of ether oxygens (including phenoxy) is 4. The topological polar surface area (TPSA) is 131 Å². The minimum absolute atomic E-state index is 0.0848. The first kappa shape index (κ1) is 26.3. The van der Waals surface area contributed by atoms with Crippen molar-refractivity contribution >= 4 is 23.5 Å². The van der Waals surface area contributed by atoms with Crippen molar-refractivity contribution in [1.82, 2.24) is 5.16 Å². The number of hydrogen-bond acceptors (Lipinski definition) is 10. The summed E-state index contributed by atoms with van der Waals surface area (Å²) in [5, 5.41) is 3.57. The Balaban J connectivity index is 3.36. The van der Waals surface area contributed by atoms with Crippen LogP contribution in [0.1, 0.15) is 63.7 Å². The van der Waals surface area contributed by atoms with E-state index in [4.69, 9.17) is 23.5 Å². The maximum atomic E-state index is 13.5. The van der Waals surface area contributed by atoms with E-state index in [1.807, 2.05) is 0 Å². The molecule has 1 rings (SSSR count). The largest absolute Gasteiger partial charge is 0.478 e. The Bertz CT molecular complexity index is 778. The van der Waals surface area contributed by atoms with Gasteiger partial charge in [0, 0.05) is 13.5 Å². The highest BCUT2D eigenvalue weighted by atomic mass is 16.6. The fourth-order valence-electron chi connectivity index (χ4n) is 2.95. The number of carbonyl (C=O) groups is 4. The maximum absolute atomic E-state index is 13.5. The Morgan fingerprint density at radius 1 is 1.10 bits per heavy atom. The predicted octanol–water partition coefficient (Wildman–Crippen LogP) is 2.53. The Labute approximate surface area is 181 Å². The number of rotatable bonds is 13. The van der Waals surface area contributed by atoms with E-state index in [-0.39, 0.29) is 37.3 Å². The van der Waals surface area contributed by atoms with Crippen molar-refractivity contribution in [3.63, 3.8) is 0 Å². The molecule has 1 heterocycles. The average Bonchev–Trinajstić information content (AvgIpc) is 3.15. The zero-order chi connectivity index (χ0) is 23.7. The van der Waals surface area contributed by atoms with Gasteiger partial charge in [0.15, 0.2) is 17.0 Å². The van der Waals surface area contributed by atoms with Gasteiger partial charge in [-0.2, -0.15) is 0 Å². The molecule has 10 heteroatoms. The van der Waals surface area contributed by atoms with E-state index >= 15 is 0 Å². The summed E-state index contributed by atoms with van der Waals surface area (Å²) in [5.74, 6) is -3.20. The molecule has 0 aromatic carbocycles. The molecular weight excluding hydrogens is 410 g/mol. The van der Waals surface area contributed by atoms with Crippen LogP contribution in [0.25, 0.3) is 0 Å². The summed E-state index contributed by atoms with van der Waals surface area (Å²) in [6.45, 7) is 6.33. The van der Waals surface area contributed by atoms with Gasteiger partial charge >= 0.3 is 11.9 Å². The lowest BCUT2D eigenvalue weighted by Crippen LogP contribution is -2.50. The quantitative estimate of drug-likeness (QED) is 0.195. The second-order valence-electron chi connectivity index (χ2n) is 7.84. The Morgan fingerprint density at radius 2 is 1.77 bits per heavy atom. The van der Waals surface area contributed by atoms with Crippen LogP contribution in [-0.2, 0) is 28.6 Å². The van der Waals surface area contributed by atoms with Gasteiger partial charge in [-0.1, -0.05) is 6.42 Å². The molecule has 1 atom stereocenters. The molecule has 0 aliphatic heterocycles. The summed E-state index contributed by atoms with van der Waals surface area (Å²) in [4.78, 5) is 51.5. The van der Waals surface area contributed by atoms with E-state index in [9.17, 15) is 19.2 Å². The molecule has 0 aliphatic rings.